The minimum atomic E-state index is -0.317. The maximum Gasteiger partial charge on any atom is 0.315 e. The molecule has 0 radical (unpaired) electrons. The Bertz CT molecular complexity index is 553. The number of urea groups is 1. The lowest BCUT2D eigenvalue weighted by Crippen LogP contribution is -2.51. The normalized spacial score (nSPS) is 17.5. The number of likely N-dealkylation sites (N-methyl/N-ethyl adjacent to an activating group) is 1. The van der Waals surface area contributed by atoms with Gasteiger partial charge in [0, 0.05) is 25.7 Å². The number of anilines is 1. The molecule has 6 nitrogen and oxygen atoms in total. The van der Waals surface area contributed by atoms with Gasteiger partial charge in [-0.05, 0) is 31.9 Å². The van der Waals surface area contributed by atoms with Gasteiger partial charge in [0.15, 0.2) is 0 Å². The number of benzene rings is 1. The molecule has 0 unspecified atom stereocenters. The molecule has 7 heteroatoms. The number of carbonyl (C=O) groups is 2. The molecule has 0 aliphatic carbocycles. The van der Waals surface area contributed by atoms with Crippen LogP contribution in [0, 0.1) is 0 Å². The van der Waals surface area contributed by atoms with Crippen LogP contribution in [-0.2, 0) is 4.79 Å². The van der Waals surface area contributed by atoms with Crippen LogP contribution < -0.4 is 20.9 Å². The lowest BCUT2D eigenvalue weighted by atomic mass is 10.1. The highest BCUT2D eigenvalue weighted by Crippen LogP contribution is 2.27. The first kappa shape index (κ1) is 17.4. The van der Waals surface area contributed by atoms with Crippen molar-refractivity contribution in [3.63, 3.8) is 0 Å². The number of nitrogens with zero attached hydrogens (tertiary/aromatic N) is 1. The average Bonchev–Trinajstić information content (AvgIpc) is 2.54. The fourth-order valence-corrected chi connectivity index (χ4v) is 2.93. The first-order chi connectivity index (χ1) is 11.1. The van der Waals surface area contributed by atoms with Crippen molar-refractivity contribution >= 4 is 29.2 Å². The fraction of sp³-hybridized carbons (Fsp3) is 0.500. The first-order valence-corrected chi connectivity index (χ1v) is 8.28. The van der Waals surface area contributed by atoms with Gasteiger partial charge in [-0.25, -0.2) is 4.79 Å². The van der Waals surface area contributed by atoms with E-state index in [1.165, 1.54) is 0 Å². The summed E-state index contributed by atoms with van der Waals surface area (Å²) in [6.07, 6.45) is 1.89. The largest absolute Gasteiger partial charge is 0.368 e. The number of rotatable bonds is 5. The third kappa shape index (κ3) is 5.32. The molecule has 1 aromatic carbocycles. The van der Waals surface area contributed by atoms with Crippen molar-refractivity contribution in [1.82, 2.24) is 16.0 Å². The van der Waals surface area contributed by atoms with E-state index in [4.69, 9.17) is 11.6 Å². The highest BCUT2D eigenvalue weighted by atomic mass is 35.5. The van der Waals surface area contributed by atoms with Crippen molar-refractivity contribution in [2.24, 2.45) is 0 Å². The van der Waals surface area contributed by atoms with E-state index in [-0.39, 0.29) is 24.5 Å². The number of amides is 3. The summed E-state index contributed by atoms with van der Waals surface area (Å²) >= 11 is 6.24. The minimum absolute atomic E-state index is 0.0133. The molecule has 1 saturated heterocycles. The van der Waals surface area contributed by atoms with Crippen LogP contribution in [0.3, 0.4) is 0 Å². The van der Waals surface area contributed by atoms with Crippen LogP contribution in [0.1, 0.15) is 19.8 Å². The van der Waals surface area contributed by atoms with Gasteiger partial charge < -0.3 is 20.9 Å². The lowest BCUT2D eigenvalue weighted by Gasteiger charge is -2.35. The molecule has 1 aliphatic rings. The summed E-state index contributed by atoms with van der Waals surface area (Å²) in [6, 6.07) is 7.43. The first-order valence-electron chi connectivity index (χ1n) is 7.90. The van der Waals surface area contributed by atoms with Gasteiger partial charge in [-0.2, -0.15) is 0 Å². The van der Waals surface area contributed by atoms with Crippen molar-refractivity contribution in [1.29, 1.82) is 0 Å². The molecule has 1 heterocycles. The van der Waals surface area contributed by atoms with Gasteiger partial charge in [0.1, 0.15) is 0 Å². The second-order valence-electron chi connectivity index (χ2n) is 5.52. The Morgan fingerprint density at radius 3 is 2.83 bits per heavy atom. The Morgan fingerprint density at radius 1 is 1.30 bits per heavy atom. The summed E-state index contributed by atoms with van der Waals surface area (Å²) in [5.74, 6) is -0.191. The van der Waals surface area contributed by atoms with Crippen LogP contribution in [-0.4, -0.2) is 44.2 Å². The van der Waals surface area contributed by atoms with Crippen LogP contribution in [0.2, 0.25) is 5.02 Å². The van der Waals surface area contributed by atoms with E-state index in [0.29, 0.717) is 18.1 Å². The third-order valence-electron chi connectivity index (χ3n) is 3.73. The monoisotopic (exact) mass is 338 g/mol. The van der Waals surface area contributed by atoms with Crippen molar-refractivity contribution < 1.29 is 9.59 Å². The van der Waals surface area contributed by atoms with E-state index in [2.05, 4.69) is 20.9 Å². The Kier molecular flexibility index (Phi) is 6.52. The Labute approximate surface area is 141 Å². The molecule has 23 heavy (non-hydrogen) atoms. The molecule has 126 valence electrons. The highest BCUT2D eigenvalue weighted by Gasteiger charge is 2.22. The lowest BCUT2D eigenvalue weighted by molar-refractivity contribution is -0.119. The third-order valence-corrected chi connectivity index (χ3v) is 4.05. The van der Waals surface area contributed by atoms with E-state index >= 15 is 0 Å². The van der Waals surface area contributed by atoms with Gasteiger partial charge in [-0.15, -0.1) is 0 Å². The standard InChI is InChI=1S/C16H23ClN4O2/c1-2-18-15(22)10-19-16(23)20-12-6-5-9-21(11-12)14-8-4-3-7-13(14)17/h3-4,7-8,12H,2,5-6,9-11H2,1H3,(H,18,22)(H2,19,20,23)/t12-/m1/s1. The number of piperidine rings is 1. The topological polar surface area (TPSA) is 73.5 Å². The molecule has 1 aliphatic heterocycles. The summed E-state index contributed by atoms with van der Waals surface area (Å²) in [7, 11) is 0. The zero-order valence-electron chi connectivity index (χ0n) is 13.3. The van der Waals surface area contributed by atoms with Crippen molar-refractivity contribution in [2.45, 2.75) is 25.8 Å². The van der Waals surface area contributed by atoms with Crippen LogP contribution in [0.4, 0.5) is 10.5 Å². The van der Waals surface area contributed by atoms with Gasteiger partial charge in [-0.3, -0.25) is 4.79 Å². The number of hydrogen-bond acceptors (Lipinski definition) is 3. The Morgan fingerprint density at radius 2 is 2.09 bits per heavy atom. The second kappa shape index (κ2) is 8.62. The number of para-hydroxylation sites is 1. The van der Waals surface area contributed by atoms with E-state index in [9.17, 15) is 9.59 Å². The summed E-state index contributed by atoms with van der Waals surface area (Å²) < 4.78 is 0. The molecule has 1 aromatic rings. The molecule has 0 saturated carbocycles. The predicted octanol–water partition coefficient (Wildman–Crippen LogP) is 1.74. The predicted molar refractivity (Wildman–Crippen MR) is 91.9 cm³/mol. The average molecular weight is 339 g/mol. The molecule has 0 spiro atoms. The smallest absolute Gasteiger partial charge is 0.315 e. The van der Waals surface area contributed by atoms with Gasteiger partial charge in [-0.1, -0.05) is 23.7 Å². The SMILES string of the molecule is CCNC(=O)CNC(=O)N[C@@H]1CCCN(c2ccccc2Cl)C1. The van der Waals surface area contributed by atoms with Crippen molar-refractivity contribution in [3.8, 4) is 0 Å². The molecule has 1 atom stereocenters. The Balaban J connectivity index is 1.83. The molecular formula is C16H23ClN4O2. The van der Waals surface area contributed by atoms with Gasteiger partial charge in [0.25, 0.3) is 0 Å². The molecule has 0 aromatic heterocycles. The Hall–Kier alpha value is -1.95. The van der Waals surface area contributed by atoms with Gasteiger partial charge in [0.2, 0.25) is 5.91 Å². The summed E-state index contributed by atoms with van der Waals surface area (Å²) in [6.45, 7) is 4.00. The second-order valence-corrected chi connectivity index (χ2v) is 5.92. The number of hydrogen-bond donors (Lipinski definition) is 3. The summed E-state index contributed by atoms with van der Waals surface area (Å²) in [4.78, 5) is 25.4. The fourth-order valence-electron chi connectivity index (χ4n) is 2.68. The van der Waals surface area contributed by atoms with Gasteiger partial charge >= 0.3 is 6.03 Å². The molecular weight excluding hydrogens is 316 g/mol. The van der Waals surface area contributed by atoms with Crippen LogP contribution in [0.5, 0.6) is 0 Å². The van der Waals surface area contributed by atoms with E-state index < -0.39 is 0 Å². The summed E-state index contributed by atoms with van der Waals surface area (Å²) in [5, 5.41) is 8.85. The quantitative estimate of drug-likeness (QED) is 0.765. The minimum Gasteiger partial charge on any atom is -0.368 e. The zero-order chi connectivity index (χ0) is 16.7. The molecule has 2 rings (SSSR count). The number of halogens is 1. The highest BCUT2D eigenvalue weighted by molar-refractivity contribution is 6.33. The van der Waals surface area contributed by atoms with E-state index in [1.807, 2.05) is 31.2 Å². The van der Waals surface area contributed by atoms with Crippen molar-refractivity contribution in [2.75, 3.05) is 31.1 Å². The molecule has 3 amide bonds. The van der Waals surface area contributed by atoms with Crippen LogP contribution >= 0.6 is 11.6 Å². The van der Waals surface area contributed by atoms with Crippen LogP contribution in [0.15, 0.2) is 24.3 Å². The molecule has 1 fully saturated rings. The summed E-state index contributed by atoms with van der Waals surface area (Å²) in [5.41, 5.74) is 0.989. The maximum absolute atomic E-state index is 11.9. The molecule has 3 N–H and O–H groups in total. The maximum atomic E-state index is 11.9. The van der Waals surface area contributed by atoms with Crippen LogP contribution in [0.25, 0.3) is 0 Å². The number of carbonyl (C=O) groups excluding carboxylic acids is 2. The molecule has 0 bridgehead atoms. The van der Waals surface area contributed by atoms with E-state index in [1.54, 1.807) is 0 Å². The van der Waals surface area contributed by atoms with E-state index in [0.717, 1.165) is 25.1 Å². The zero-order valence-corrected chi connectivity index (χ0v) is 14.0. The number of nitrogens with one attached hydrogen (secondary N) is 3. The van der Waals surface area contributed by atoms with Crippen molar-refractivity contribution in [3.05, 3.63) is 29.3 Å². The van der Waals surface area contributed by atoms with Gasteiger partial charge in [0.05, 0.1) is 17.3 Å².